The van der Waals surface area contributed by atoms with Crippen molar-refractivity contribution in [3.05, 3.63) is 22.7 Å². The van der Waals surface area contributed by atoms with Crippen LogP contribution in [-0.2, 0) is 11.2 Å². The van der Waals surface area contributed by atoms with E-state index in [1.54, 1.807) is 12.1 Å². The average molecular weight is 302 g/mol. The van der Waals surface area contributed by atoms with Crippen molar-refractivity contribution in [2.75, 3.05) is 13.7 Å². The van der Waals surface area contributed by atoms with E-state index < -0.39 is 12.1 Å². The first-order chi connectivity index (χ1) is 9.53. The van der Waals surface area contributed by atoms with Crippen LogP contribution in [-0.4, -0.2) is 30.8 Å². The molecule has 0 bridgehead atoms. The molecule has 0 saturated heterocycles. The fraction of sp³-hybridized carbons (Fsp3) is 0.500. The molecule has 0 fully saturated rings. The Morgan fingerprint density at radius 3 is 2.70 bits per heavy atom. The number of hydrogen-bond donors (Lipinski definition) is 2. The summed E-state index contributed by atoms with van der Waals surface area (Å²) in [4.78, 5) is 11.2. The Hall–Kier alpha value is -1.46. The maximum Gasteiger partial charge on any atom is 0.344 e. The number of aliphatic carboxylic acids is 1. The highest BCUT2D eigenvalue weighted by Gasteiger charge is 2.22. The monoisotopic (exact) mass is 301 g/mol. The quantitative estimate of drug-likeness (QED) is 0.771. The van der Waals surface area contributed by atoms with Crippen LogP contribution in [0.5, 0.6) is 11.5 Å². The van der Waals surface area contributed by atoms with Gasteiger partial charge in [-0.1, -0.05) is 24.9 Å². The molecule has 20 heavy (non-hydrogen) atoms. The number of ether oxygens (including phenoxy) is 2. The predicted molar refractivity (Wildman–Crippen MR) is 77.7 cm³/mol. The average Bonchev–Trinajstić information content (AvgIpc) is 2.40. The maximum absolute atomic E-state index is 11.2. The summed E-state index contributed by atoms with van der Waals surface area (Å²) in [6, 6.07) is 3.32. The van der Waals surface area contributed by atoms with E-state index in [0.29, 0.717) is 42.3 Å². The molecular formula is C14H20ClNO4. The lowest BCUT2D eigenvalue weighted by atomic mass is 10.1. The Bertz CT molecular complexity index is 465. The summed E-state index contributed by atoms with van der Waals surface area (Å²) in [5, 5.41) is 9.69. The molecule has 1 rings (SSSR count). The number of carbonyl (C=O) groups is 1. The number of carboxylic acids is 1. The van der Waals surface area contributed by atoms with Crippen molar-refractivity contribution in [1.82, 2.24) is 0 Å². The molecule has 1 aromatic rings. The second-order valence-electron chi connectivity index (χ2n) is 4.37. The van der Waals surface area contributed by atoms with Gasteiger partial charge in [0.05, 0.1) is 7.11 Å². The molecule has 3 N–H and O–H groups in total. The van der Waals surface area contributed by atoms with Gasteiger partial charge in [-0.25, -0.2) is 4.79 Å². The van der Waals surface area contributed by atoms with Gasteiger partial charge in [-0.05, 0) is 25.5 Å². The second-order valence-corrected chi connectivity index (χ2v) is 4.80. The van der Waals surface area contributed by atoms with Crippen molar-refractivity contribution in [3.8, 4) is 11.5 Å². The third-order valence-corrected chi connectivity index (χ3v) is 3.03. The number of hydrogen-bond acceptors (Lipinski definition) is 4. The van der Waals surface area contributed by atoms with E-state index in [-0.39, 0.29) is 0 Å². The predicted octanol–water partition coefficient (Wildman–Crippen LogP) is 2.48. The topological polar surface area (TPSA) is 81.8 Å². The molecule has 1 atom stereocenters. The zero-order chi connectivity index (χ0) is 15.1. The zero-order valence-electron chi connectivity index (χ0n) is 11.7. The highest BCUT2D eigenvalue weighted by molar-refractivity contribution is 6.30. The molecule has 0 amide bonds. The molecule has 0 saturated carbocycles. The normalized spacial score (nSPS) is 12.0. The van der Waals surface area contributed by atoms with Gasteiger partial charge in [-0.2, -0.15) is 0 Å². The fourth-order valence-electron chi connectivity index (χ4n) is 1.89. The van der Waals surface area contributed by atoms with Gasteiger partial charge in [-0.3, -0.25) is 0 Å². The first-order valence-corrected chi connectivity index (χ1v) is 6.87. The minimum absolute atomic E-state index is 0.406. The highest BCUT2D eigenvalue weighted by atomic mass is 35.5. The third kappa shape index (κ3) is 4.28. The number of carboxylic acid groups (broad SMARTS) is 1. The van der Waals surface area contributed by atoms with Gasteiger partial charge in [0.2, 0.25) is 0 Å². The standard InChI is InChI=1S/C14H20ClNO4/c1-3-4-11(14(17)18)20-13-9(5-6-16)7-10(15)8-12(13)19-2/h7-8,11H,3-6,16H2,1-2H3,(H,17,18). The van der Waals surface area contributed by atoms with Crippen LogP contribution in [0, 0.1) is 0 Å². The molecule has 0 aliphatic rings. The van der Waals surface area contributed by atoms with E-state index in [1.165, 1.54) is 7.11 Å². The van der Waals surface area contributed by atoms with E-state index in [9.17, 15) is 9.90 Å². The van der Waals surface area contributed by atoms with E-state index in [1.807, 2.05) is 6.92 Å². The Kier molecular flexibility index (Phi) is 6.61. The SMILES string of the molecule is CCCC(Oc1c(CCN)cc(Cl)cc1OC)C(=O)O. The van der Waals surface area contributed by atoms with Gasteiger partial charge in [0.1, 0.15) is 0 Å². The molecular weight excluding hydrogens is 282 g/mol. The Balaban J connectivity index is 3.15. The number of halogens is 1. The lowest BCUT2D eigenvalue weighted by molar-refractivity contribution is -0.145. The van der Waals surface area contributed by atoms with Crippen LogP contribution in [0.2, 0.25) is 5.02 Å². The third-order valence-electron chi connectivity index (χ3n) is 2.82. The van der Waals surface area contributed by atoms with Crippen LogP contribution in [0.15, 0.2) is 12.1 Å². The van der Waals surface area contributed by atoms with Gasteiger partial charge in [0.25, 0.3) is 0 Å². The van der Waals surface area contributed by atoms with Crippen LogP contribution in [0.1, 0.15) is 25.3 Å². The summed E-state index contributed by atoms with van der Waals surface area (Å²) in [6.45, 7) is 2.31. The largest absolute Gasteiger partial charge is 0.493 e. The van der Waals surface area contributed by atoms with E-state index in [0.717, 1.165) is 5.56 Å². The van der Waals surface area contributed by atoms with E-state index in [4.69, 9.17) is 26.8 Å². The first kappa shape index (κ1) is 16.6. The highest BCUT2D eigenvalue weighted by Crippen LogP contribution is 2.36. The van der Waals surface area contributed by atoms with Crippen molar-refractivity contribution in [3.63, 3.8) is 0 Å². The smallest absolute Gasteiger partial charge is 0.344 e. The van der Waals surface area contributed by atoms with Crippen LogP contribution in [0.25, 0.3) is 0 Å². The molecule has 112 valence electrons. The van der Waals surface area contributed by atoms with Gasteiger partial charge >= 0.3 is 5.97 Å². The molecule has 5 nitrogen and oxygen atoms in total. The summed E-state index contributed by atoms with van der Waals surface area (Å²) in [7, 11) is 1.49. The van der Waals surface area contributed by atoms with Crippen LogP contribution < -0.4 is 15.2 Å². The maximum atomic E-state index is 11.2. The molecule has 1 unspecified atom stereocenters. The number of methoxy groups -OCH3 is 1. The lowest BCUT2D eigenvalue weighted by Crippen LogP contribution is -2.27. The molecule has 0 heterocycles. The summed E-state index contributed by atoms with van der Waals surface area (Å²) in [5.74, 6) is -0.172. The lowest BCUT2D eigenvalue weighted by Gasteiger charge is -2.19. The minimum Gasteiger partial charge on any atom is -0.493 e. The molecule has 0 aromatic heterocycles. The molecule has 6 heteroatoms. The van der Waals surface area contributed by atoms with Crippen molar-refractivity contribution in [2.45, 2.75) is 32.3 Å². The molecule has 1 aromatic carbocycles. The van der Waals surface area contributed by atoms with E-state index >= 15 is 0 Å². The van der Waals surface area contributed by atoms with Crippen LogP contribution >= 0.6 is 11.6 Å². The van der Waals surface area contributed by atoms with Crippen LogP contribution in [0.4, 0.5) is 0 Å². The number of benzene rings is 1. The van der Waals surface area contributed by atoms with Gasteiger partial charge in [-0.15, -0.1) is 0 Å². The van der Waals surface area contributed by atoms with Gasteiger partial charge in [0.15, 0.2) is 17.6 Å². The molecule has 0 aliphatic heterocycles. The van der Waals surface area contributed by atoms with Crippen molar-refractivity contribution in [1.29, 1.82) is 0 Å². The van der Waals surface area contributed by atoms with Gasteiger partial charge in [0, 0.05) is 16.7 Å². The Labute approximate surface area is 123 Å². The van der Waals surface area contributed by atoms with E-state index in [2.05, 4.69) is 0 Å². The summed E-state index contributed by atoms with van der Waals surface area (Å²) < 4.78 is 10.9. The second kappa shape index (κ2) is 7.97. The van der Waals surface area contributed by atoms with Crippen LogP contribution in [0.3, 0.4) is 0 Å². The van der Waals surface area contributed by atoms with Gasteiger partial charge < -0.3 is 20.3 Å². The Morgan fingerprint density at radius 2 is 2.20 bits per heavy atom. The minimum atomic E-state index is -0.998. The fourth-order valence-corrected chi connectivity index (χ4v) is 2.12. The molecule has 0 radical (unpaired) electrons. The molecule has 0 aliphatic carbocycles. The number of nitrogens with two attached hydrogens (primary N) is 1. The summed E-state index contributed by atoms with van der Waals surface area (Å²) >= 11 is 6.00. The van der Waals surface area contributed by atoms with Crippen molar-refractivity contribution in [2.24, 2.45) is 5.73 Å². The molecule has 0 spiro atoms. The van der Waals surface area contributed by atoms with Crippen molar-refractivity contribution >= 4 is 17.6 Å². The van der Waals surface area contributed by atoms with Crippen molar-refractivity contribution < 1.29 is 19.4 Å². The summed E-state index contributed by atoms with van der Waals surface area (Å²) in [6.07, 6.45) is 0.749. The zero-order valence-corrected chi connectivity index (χ0v) is 12.4. The number of rotatable bonds is 8. The summed E-state index contributed by atoms with van der Waals surface area (Å²) in [5.41, 5.74) is 6.31. The first-order valence-electron chi connectivity index (χ1n) is 6.49. The Morgan fingerprint density at radius 1 is 1.50 bits per heavy atom.